The number of hydrogen-bond donors (Lipinski definition) is 2. The fraction of sp³-hybridized carbons (Fsp3) is 0.800. The summed E-state index contributed by atoms with van der Waals surface area (Å²) in [5, 5.41) is 17.9. The van der Waals surface area contributed by atoms with E-state index < -0.39 is 18.1 Å². The lowest BCUT2D eigenvalue weighted by Gasteiger charge is -2.22. The Morgan fingerprint density at radius 2 is 1.75 bits per heavy atom. The average Bonchev–Trinajstić information content (AvgIpc) is 2.86. The first kappa shape index (κ1) is 11.2. The van der Waals surface area contributed by atoms with Crippen molar-refractivity contribution >= 4 is 12.1 Å². The number of nitrogens with zero attached hydrogens (tertiary/aromatic N) is 2. The van der Waals surface area contributed by atoms with Crippen LogP contribution in [0.15, 0.2) is 0 Å². The second-order valence-corrected chi connectivity index (χ2v) is 4.42. The van der Waals surface area contributed by atoms with Gasteiger partial charge in [0.1, 0.15) is 6.04 Å². The third-order valence-electron chi connectivity index (χ3n) is 3.47. The van der Waals surface area contributed by atoms with Gasteiger partial charge in [-0.2, -0.15) is 0 Å². The maximum Gasteiger partial charge on any atom is 0.408 e. The summed E-state index contributed by atoms with van der Waals surface area (Å²) in [6.45, 7) is 2.25. The molecular formula is C10H16N2O4. The van der Waals surface area contributed by atoms with Gasteiger partial charge >= 0.3 is 12.1 Å². The lowest BCUT2D eigenvalue weighted by molar-refractivity contribution is -0.141. The second kappa shape index (κ2) is 4.29. The van der Waals surface area contributed by atoms with Crippen molar-refractivity contribution in [3.8, 4) is 0 Å². The Kier molecular flexibility index (Phi) is 3.00. The fourth-order valence-electron chi connectivity index (χ4n) is 2.63. The average molecular weight is 228 g/mol. The predicted octanol–water partition coefficient (Wildman–Crippen LogP) is 0.288. The van der Waals surface area contributed by atoms with Crippen LogP contribution in [0.25, 0.3) is 0 Å². The molecule has 0 aromatic carbocycles. The lowest BCUT2D eigenvalue weighted by atomic mass is 10.1. The summed E-state index contributed by atoms with van der Waals surface area (Å²) in [4.78, 5) is 25.1. The maximum atomic E-state index is 11.0. The van der Waals surface area contributed by atoms with E-state index in [1.165, 1.54) is 0 Å². The fourth-order valence-corrected chi connectivity index (χ4v) is 2.63. The van der Waals surface area contributed by atoms with E-state index in [9.17, 15) is 9.59 Å². The molecule has 16 heavy (non-hydrogen) atoms. The number of carboxylic acid groups (broad SMARTS) is 2. The molecule has 6 heteroatoms. The second-order valence-electron chi connectivity index (χ2n) is 4.42. The van der Waals surface area contributed by atoms with Crippen molar-refractivity contribution in [1.82, 2.24) is 9.80 Å². The summed E-state index contributed by atoms with van der Waals surface area (Å²) < 4.78 is 0. The number of hydrogen-bond acceptors (Lipinski definition) is 3. The van der Waals surface area contributed by atoms with Crippen LogP contribution in [0.4, 0.5) is 4.79 Å². The van der Waals surface area contributed by atoms with Gasteiger partial charge in [-0.3, -0.25) is 9.80 Å². The van der Waals surface area contributed by atoms with Crippen molar-refractivity contribution in [2.75, 3.05) is 19.6 Å². The van der Waals surface area contributed by atoms with Gasteiger partial charge < -0.3 is 10.2 Å². The molecular weight excluding hydrogens is 212 g/mol. The molecule has 0 unspecified atom stereocenters. The molecule has 0 spiro atoms. The molecule has 6 nitrogen and oxygen atoms in total. The number of aliphatic carboxylic acids is 1. The minimum Gasteiger partial charge on any atom is -0.480 e. The summed E-state index contributed by atoms with van der Waals surface area (Å²) >= 11 is 0. The Balaban J connectivity index is 2.05. The van der Waals surface area contributed by atoms with Crippen LogP contribution >= 0.6 is 0 Å². The normalized spacial score (nSPS) is 30.9. The predicted molar refractivity (Wildman–Crippen MR) is 55.4 cm³/mol. The third kappa shape index (κ3) is 1.97. The Morgan fingerprint density at radius 1 is 1.12 bits per heavy atom. The van der Waals surface area contributed by atoms with E-state index in [-0.39, 0.29) is 6.04 Å². The van der Waals surface area contributed by atoms with Crippen LogP contribution in [0, 0.1) is 0 Å². The molecule has 2 fully saturated rings. The summed E-state index contributed by atoms with van der Waals surface area (Å²) in [6, 6.07) is -0.789. The molecule has 0 saturated carbocycles. The minimum atomic E-state index is -1.13. The third-order valence-corrected chi connectivity index (χ3v) is 3.47. The van der Waals surface area contributed by atoms with Crippen molar-refractivity contribution < 1.29 is 19.8 Å². The van der Waals surface area contributed by atoms with E-state index in [0.29, 0.717) is 13.0 Å². The minimum absolute atomic E-state index is 0.0831. The molecule has 1 amide bonds. The zero-order valence-corrected chi connectivity index (χ0v) is 9.00. The molecule has 2 rings (SSSR count). The smallest absolute Gasteiger partial charge is 0.408 e. The first-order valence-corrected chi connectivity index (χ1v) is 5.56. The number of carbonyl (C=O) groups is 2. The number of rotatable bonds is 2. The quantitative estimate of drug-likeness (QED) is 0.710. The van der Waals surface area contributed by atoms with E-state index in [0.717, 1.165) is 30.8 Å². The molecule has 2 aliphatic rings. The maximum absolute atomic E-state index is 11.0. The Bertz CT molecular complexity index is 279. The van der Waals surface area contributed by atoms with Crippen LogP contribution in [0.1, 0.15) is 19.3 Å². The van der Waals surface area contributed by atoms with Gasteiger partial charge in [0.25, 0.3) is 0 Å². The highest BCUT2D eigenvalue weighted by atomic mass is 16.4. The van der Waals surface area contributed by atoms with Crippen LogP contribution in [0.3, 0.4) is 0 Å². The van der Waals surface area contributed by atoms with Crippen LogP contribution in [-0.4, -0.2) is 63.8 Å². The molecule has 2 atom stereocenters. The van der Waals surface area contributed by atoms with Gasteiger partial charge in [0.05, 0.1) is 0 Å². The summed E-state index contributed by atoms with van der Waals surface area (Å²) in [5.74, 6) is -1.04. The van der Waals surface area contributed by atoms with E-state index in [1.54, 1.807) is 0 Å². The highest BCUT2D eigenvalue weighted by Gasteiger charge is 2.42. The van der Waals surface area contributed by atoms with E-state index in [2.05, 4.69) is 4.90 Å². The van der Waals surface area contributed by atoms with Gasteiger partial charge in [-0.1, -0.05) is 0 Å². The van der Waals surface area contributed by atoms with Crippen LogP contribution in [0.5, 0.6) is 0 Å². The molecule has 0 radical (unpaired) electrons. The van der Waals surface area contributed by atoms with Gasteiger partial charge in [0.15, 0.2) is 0 Å². The molecule has 90 valence electrons. The first-order valence-electron chi connectivity index (χ1n) is 5.56. The highest BCUT2D eigenvalue weighted by molar-refractivity contribution is 5.80. The van der Waals surface area contributed by atoms with Gasteiger partial charge in [0.2, 0.25) is 0 Å². The van der Waals surface area contributed by atoms with Gasteiger partial charge in [-0.05, 0) is 32.4 Å². The zero-order chi connectivity index (χ0) is 11.7. The van der Waals surface area contributed by atoms with Gasteiger partial charge in [-0.25, -0.2) is 9.59 Å². The van der Waals surface area contributed by atoms with E-state index >= 15 is 0 Å². The molecule has 0 aliphatic carbocycles. The lowest BCUT2D eigenvalue weighted by Crippen LogP contribution is -2.40. The summed E-state index contributed by atoms with van der Waals surface area (Å²) in [5.41, 5.74) is 0. The van der Waals surface area contributed by atoms with Crippen LogP contribution in [-0.2, 0) is 4.79 Å². The summed E-state index contributed by atoms with van der Waals surface area (Å²) in [7, 11) is 0. The van der Waals surface area contributed by atoms with E-state index in [1.807, 2.05) is 0 Å². The summed E-state index contributed by atoms with van der Waals surface area (Å²) in [6.07, 6.45) is 1.54. The van der Waals surface area contributed by atoms with Crippen LogP contribution in [0.2, 0.25) is 0 Å². The highest BCUT2D eigenvalue weighted by Crippen LogP contribution is 2.25. The molecule has 0 aromatic rings. The largest absolute Gasteiger partial charge is 0.480 e. The molecule has 2 N–H and O–H groups in total. The van der Waals surface area contributed by atoms with E-state index in [4.69, 9.17) is 10.2 Å². The van der Waals surface area contributed by atoms with Crippen molar-refractivity contribution in [1.29, 1.82) is 0 Å². The number of amides is 1. The SMILES string of the molecule is O=C(O)[C@@H]1C[C@@H](N2CCCC2)CN1C(=O)O. The molecule has 0 bridgehead atoms. The standard InChI is InChI=1S/C10H16N2O4/c13-9(14)8-5-7(6-12(8)10(15)16)11-3-1-2-4-11/h7-8H,1-6H2,(H,13,14)(H,15,16)/t7-,8+/m1/s1. The van der Waals surface area contributed by atoms with Gasteiger partial charge in [-0.15, -0.1) is 0 Å². The van der Waals surface area contributed by atoms with Gasteiger partial charge in [0, 0.05) is 12.6 Å². The van der Waals surface area contributed by atoms with Crippen LogP contribution < -0.4 is 0 Å². The topological polar surface area (TPSA) is 81.1 Å². The monoisotopic (exact) mass is 228 g/mol. The Morgan fingerprint density at radius 3 is 2.19 bits per heavy atom. The number of carboxylic acids is 1. The number of likely N-dealkylation sites (tertiary alicyclic amines) is 2. The molecule has 2 saturated heterocycles. The molecule has 0 aromatic heterocycles. The van der Waals surface area contributed by atoms with Crippen molar-refractivity contribution in [3.63, 3.8) is 0 Å². The van der Waals surface area contributed by atoms with Crippen molar-refractivity contribution in [2.45, 2.75) is 31.3 Å². The first-order chi connectivity index (χ1) is 7.59. The van der Waals surface area contributed by atoms with Crippen molar-refractivity contribution in [3.05, 3.63) is 0 Å². The molecule has 2 aliphatic heterocycles. The van der Waals surface area contributed by atoms with Crippen molar-refractivity contribution in [2.24, 2.45) is 0 Å². The Hall–Kier alpha value is -1.30. The zero-order valence-electron chi connectivity index (χ0n) is 9.00. The molecule has 2 heterocycles. The Labute approximate surface area is 93.4 Å².